The molecule has 0 radical (unpaired) electrons. The molecule has 1 aliphatic heterocycles. The van der Waals surface area contributed by atoms with Crippen molar-refractivity contribution >= 4 is 5.90 Å². The molecule has 96 valence electrons. The molecule has 3 nitrogen and oxygen atoms in total. The number of ether oxygens (including phenoxy) is 1. The van der Waals surface area contributed by atoms with Gasteiger partial charge in [0.2, 0.25) is 0 Å². The maximum atomic E-state index is 5.65. The van der Waals surface area contributed by atoms with Gasteiger partial charge in [0.1, 0.15) is 6.61 Å². The highest BCUT2D eigenvalue weighted by molar-refractivity contribution is 5.79. The zero-order chi connectivity index (χ0) is 12.9. The number of nitrogens with zero attached hydrogens (tertiary/aromatic N) is 2. The third-order valence-electron chi connectivity index (χ3n) is 3.14. The number of rotatable bonds is 4. The molecule has 19 heavy (non-hydrogen) atoms. The fourth-order valence-electron chi connectivity index (χ4n) is 2.22. The van der Waals surface area contributed by atoms with Crippen molar-refractivity contribution in [2.75, 3.05) is 6.61 Å². The molecule has 0 saturated carbocycles. The molecular formula is C16H16N2O. The Hall–Kier alpha value is -2.16. The molecule has 1 aromatic heterocycles. The van der Waals surface area contributed by atoms with Crippen molar-refractivity contribution < 1.29 is 4.74 Å². The summed E-state index contributed by atoms with van der Waals surface area (Å²) in [5, 5.41) is 0. The first-order valence-electron chi connectivity index (χ1n) is 6.53. The average Bonchev–Trinajstić information content (AvgIpc) is 2.88. The van der Waals surface area contributed by atoms with Gasteiger partial charge in [0.15, 0.2) is 5.90 Å². The van der Waals surface area contributed by atoms with E-state index in [0.29, 0.717) is 13.0 Å². The second-order valence-corrected chi connectivity index (χ2v) is 4.68. The van der Waals surface area contributed by atoms with Gasteiger partial charge in [-0.25, -0.2) is 4.99 Å². The van der Waals surface area contributed by atoms with E-state index in [-0.39, 0.29) is 6.04 Å². The molecule has 1 atom stereocenters. The molecule has 0 aliphatic carbocycles. The van der Waals surface area contributed by atoms with Crippen LogP contribution in [0.1, 0.15) is 11.3 Å². The predicted molar refractivity (Wildman–Crippen MR) is 75.3 cm³/mol. The molecule has 3 rings (SSSR count). The van der Waals surface area contributed by atoms with Gasteiger partial charge in [0.05, 0.1) is 12.5 Å². The van der Waals surface area contributed by atoms with Crippen molar-refractivity contribution in [3.8, 4) is 0 Å². The van der Waals surface area contributed by atoms with Crippen molar-refractivity contribution in [2.24, 2.45) is 4.99 Å². The third-order valence-corrected chi connectivity index (χ3v) is 3.14. The van der Waals surface area contributed by atoms with Crippen molar-refractivity contribution in [3.63, 3.8) is 0 Å². The quantitative estimate of drug-likeness (QED) is 0.838. The van der Waals surface area contributed by atoms with Crippen LogP contribution in [0.4, 0.5) is 0 Å². The van der Waals surface area contributed by atoms with Gasteiger partial charge in [-0.05, 0) is 24.1 Å². The molecule has 2 aromatic rings. The Kier molecular flexibility index (Phi) is 3.54. The average molecular weight is 252 g/mol. The molecule has 0 N–H and O–H groups in total. The lowest BCUT2D eigenvalue weighted by molar-refractivity contribution is 0.311. The van der Waals surface area contributed by atoms with E-state index < -0.39 is 0 Å². The molecular weight excluding hydrogens is 236 g/mol. The molecule has 3 heteroatoms. The Morgan fingerprint density at radius 2 is 1.89 bits per heavy atom. The van der Waals surface area contributed by atoms with Crippen LogP contribution in [0.15, 0.2) is 59.7 Å². The monoisotopic (exact) mass is 252 g/mol. The van der Waals surface area contributed by atoms with Crippen LogP contribution in [0.3, 0.4) is 0 Å². The smallest absolute Gasteiger partial charge is 0.189 e. The molecule has 0 amide bonds. The van der Waals surface area contributed by atoms with Gasteiger partial charge in [-0.2, -0.15) is 0 Å². The minimum absolute atomic E-state index is 0.237. The van der Waals surface area contributed by atoms with Crippen LogP contribution in [0.25, 0.3) is 0 Å². The first kappa shape index (κ1) is 11.9. The zero-order valence-electron chi connectivity index (χ0n) is 10.7. The number of benzene rings is 1. The van der Waals surface area contributed by atoms with Gasteiger partial charge >= 0.3 is 0 Å². The van der Waals surface area contributed by atoms with Gasteiger partial charge in [0.25, 0.3) is 0 Å². The van der Waals surface area contributed by atoms with Crippen LogP contribution in [0.2, 0.25) is 0 Å². The Morgan fingerprint density at radius 1 is 1.05 bits per heavy atom. The minimum atomic E-state index is 0.237. The van der Waals surface area contributed by atoms with Crippen molar-refractivity contribution in [2.45, 2.75) is 18.9 Å². The van der Waals surface area contributed by atoms with Crippen LogP contribution in [0, 0.1) is 0 Å². The summed E-state index contributed by atoms with van der Waals surface area (Å²) in [6.07, 6.45) is 3.42. The lowest BCUT2D eigenvalue weighted by Crippen LogP contribution is -2.09. The van der Waals surface area contributed by atoms with Crippen molar-refractivity contribution in [1.29, 1.82) is 0 Å². The normalized spacial score (nSPS) is 17.9. The molecule has 1 aliphatic rings. The second kappa shape index (κ2) is 5.65. The van der Waals surface area contributed by atoms with E-state index >= 15 is 0 Å². The first-order valence-corrected chi connectivity index (χ1v) is 6.53. The van der Waals surface area contributed by atoms with E-state index in [1.165, 1.54) is 5.56 Å². The van der Waals surface area contributed by atoms with E-state index in [1.54, 1.807) is 6.20 Å². The maximum Gasteiger partial charge on any atom is 0.189 e. The van der Waals surface area contributed by atoms with Gasteiger partial charge in [-0.15, -0.1) is 0 Å². The Labute approximate surface area is 113 Å². The molecule has 1 unspecified atom stereocenters. The fraction of sp³-hybridized carbons (Fsp3) is 0.250. The molecule has 0 saturated heterocycles. The standard InChI is InChI=1S/C16H16N2O/c1-2-6-13(7-3-1)10-15-12-19-16(18-15)11-14-8-4-5-9-17-14/h1-9,15H,10-12H2. The Bertz CT molecular complexity index is 551. The Balaban J connectivity index is 1.62. The van der Waals surface area contributed by atoms with Gasteiger partial charge < -0.3 is 4.74 Å². The summed E-state index contributed by atoms with van der Waals surface area (Å²) in [7, 11) is 0. The van der Waals surface area contributed by atoms with E-state index in [2.05, 4.69) is 34.2 Å². The predicted octanol–water partition coefficient (Wildman–Crippen LogP) is 2.66. The largest absolute Gasteiger partial charge is 0.478 e. The van der Waals surface area contributed by atoms with E-state index in [9.17, 15) is 0 Å². The van der Waals surface area contributed by atoms with Gasteiger partial charge in [-0.1, -0.05) is 36.4 Å². The first-order chi connectivity index (χ1) is 9.40. The second-order valence-electron chi connectivity index (χ2n) is 4.68. The van der Waals surface area contributed by atoms with Crippen LogP contribution >= 0.6 is 0 Å². The summed E-state index contributed by atoms with van der Waals surface area (Å²) < 4.78 is 5.65. The highest BCUT2D eigenvalue weighted by Gasteiger charge is 2.19. The van der Waals surface area contributed by atoms with E-state index in [4.69, 9.17) is 4.74 Å². The van der Waals surface area contributed by atoms with E-state index in [0.717, 1.165) is 18.0 Å². The molecule has 1 aromatic carbocycles. The summed E-state index contributed by atoms with van der Waals surface area (Å²) >= 11 is 0. The van der Waals surface area contributed by atoms with Crippen molar-refractivity contribution in [1.82, 2.24) is 4.98 Å². The third kappa shape index (κ3) is 3.19. The summed E-state index contributed by atoms with van der Waals surface area (Å²) in [6.45, 7) is 0.678. The fourth-order valence-corrected chi connectivity index (χ4v) is 2.22. The Morgan fingerprint density at radius 3 is 2.68 bits per heavy atom. The van der Waals surface area contributed by atoms with Crippen LogP contribution in [-0.4, -0.2) is 23.5 Å². The summed E-state index contributed by atoms with van der Waals surface area (Å²) in [5.41, 5.74) is 2.31. The number of hydrogen-bond acceptors (Lipinski definition) is 3. The zero-order valence-corrected chi connectivity index (χ0v) is 10.7. The number of aliphatic imine (C=N–C) groups is 1. The summed E-state index contributed by atoms with van der Waals surface area (Å²) in [5.74, 6) is 0.805. The highest BCUT2D eigenvalue weighted by atomic mass is 16.5. The maximum absolute atomic E-state index is 5.65. The molecule has 0 fully saturated rings. The number of pyridine rings is 1. The lowest BCUT2D eigenvalue weighted by Gasteiger charge is -2.04. The minimum Gasteiger partial charge on any atom is -0.478 e. The molecule has 0 bridgehead atoms. The van der Waals surface area contributed by atoms with E-state index in [1.807, 2.05) is 24.3 Å². The summed E-state index contributed by atoms with van der Waals surface area (Å²) in [6, 6.07) is 16.5. The lowest BCUT2D eigenvalue weighted by atomic mass is 10.1. The van der Waals surface area contributed by atoms with Gasteiger partial charge in [-0.3, -0.25) is 4.98 Å². The highest BCUT2D eigenvalue weighted by Crippen LogP contribution is 2.13. The van der Waals surface area contributed by atoms with Crippen LogP contribution < -0.4 is 0 Å². The van der Waals surface area contributed by atoms with Crippen LogP contribution in [-0.2, 0) is 17.6 Å². The van der Waals surface area contributed by atoms with Crippen molar-refractivity contribution in [3.05, 3.63) is 66.0 Å². The topological polar surface area (TPSA) is 34.5 Å². The number of aromatic nitrogens is 1. The molecule has 0 spiro atoms. The van der Waals surface area contributed by atoms with Gasteiger partial charge in [0, 0.05) is 11.9 Å². The molecule has 2 heterocycles. The SMILES string of the molecule is c1ccc(CC2COC(Cc3ccccn3)=N2)cc1. The summed E-state index contributed by atoms with van der Waals surface area (Å²) in [4.78, 5) is 8.92. The number of hydrogen-bond donors (Lipinski definition) is 0. The van der Waals surface area contributed by atoms with Crippen LogP contribution in [0.5, 0.6) is 0 Å².